The lowest BCUT2D eigenvalue weighted by atomic mass is 10.2. The molecule has 0 heterocycles. The number of carbonyl (C=O) groups is 1. The largest absolute Gasteiger partial charge is 0.443 e. The molecule has 0 fully saturated rings. The van der Waals surface area contributed by atoms with Crippen molar-refractivity contribution in [3.63, 3.8) is 0 Å². The first-order chi connectivity index (χ1) is 7.00. The first-order valence-corrected chi connectivity index (χ1v) is 4.73. The number of nitrogens with zero attached hydrogens (tertiary/aromatic N) is 1. The van der Waals surface area contributed by atoms with Gasteiger partial charge in [0.2, 0.25) is 0 Å². The third-order valence-corrected chi connectivity index (χ3v) is 2.15. The van der Waals surface area contributed by atoms with Crippen LogP contribution in [0.1, 0.15) is 17.3 Å². The van der Waals surface area contributed by atoms with Gasteiger partial charge >= 0.3 is 5.97 Å². The first-order valence-electron chi connectivity index (χ1n) is 4.73. The van der Waals surface area contributed by atoms with Crippen molar-refractivity contribution < 1.29 is 9.53 Å². The number of benzene rings is 1. The van der Waals surface area contributed by atoms with Gasteiger partial charge in [0.05, 0.1) is 5.56 Å². The third-order valence-electron chi connectivity index (χ3n) is 2.15. The molecule has 0 spiro atoms. The Morgan fingerprint density at radius 3 is 2.33 bits per heavy atom. The van der Waals surface area contributed by atoms with Crippen LogP contribution in [-0.2, 0) is 4.74 Å². The number of ether oxygens (including phenoxy) is 1. The lowest BCUT2D eigenvalue weighted by Crippen LogP contribution is -2.29. The van der Waals surface area contributed by atoms with Crippen LogP contribution in [-0.4, -0.2) is 31.2 Å². The smallest absolute Gasteiger partial charge is 0.339 e. The van der Waals surface area contributed by atoms with E-state index < -0.39 is 0 Å². The summed E-state index contributed by atoms with van der Waals surface area (Å²) in [7, 11) is 3.70. The second-order valence-corrected chi connectivity index (χ2v) is 3.59. The van der Waals surface area contributed by atoms with Crippen molar-refractivity contribution in [2.75, 3.05) is 19.8 Å². The molecule has 0 saturated carbocycles. The monoisotopic (exact) mass is 208 g/mol. The molecule has 0 aliphatic rings. The fourth-order valence-electron chi connectivity index (χ4n) is 0.948. The Bertz CT molecular complexity index is 333. The Kier molecular flexibility index (Phi) is 3.68. The SMILES string of the molecule is CC(OC(=O)c1ccc(N)cc1)N(C)C. The summed E-state index contributed by atoms with van der Waals surface area (Å²) in [6.45, 7) is 1.81. The van der Waals surface area contributed by atoms with E-state index in [-0.39, 0.29) is 12.2 Å². The minimum Gasteiger partial charge on any atom is -0.443 e. The highest BCUT2D eigenvalue weighted by atomic mass is 16.6. The molecule has 1 unspecified atom stereocenters. The van der Waals surface area contributed by atoms with Gasteiger partial charge in [-0.25, -0.2) is 4.79 Å². The highest BCUT2D eigenvalue weighted by molar-refractivity contribution is 5.89. The molecule has 82 valence electrons. The summed E-state index contributed by atoms with van der Waals surface area (Å²) < 4.78 is 5.18. The molecule has 1 aromatic rings. The molecule has 4 nitrogen and oxygen atoms in total. The van der Waals surface area contributed by atoms with Gasteiger partial charge in [0, 0.05) is 5.69 Å². The van der Waals surface area contributed by atoms with E-state index in [1.165, 1.54) is 0 Å². The van der Waals surface area contributed by atoms with Crippen LogP contribution >= 0.6 is 0 Å². The molecule has 0 aromatic heterocycles. The Balaban J connectivity index is 2.65. The molecule has 0 amide bonds. The molecule has 0 saturated heterocycles. The van der Waals surface area contributed by atoms with E-state index in [0.717, 1.165) is 0 Å². The van der Waals surface area contributed by atoms with E-state index in [4.69, 9.17) is 10.5 Å². The predicted molar refractivity (Wildman–Crippen MR) is 59.4 cm³/mol. The van der Waals surface area contributed by atoms with Crippen LogP contribution in [0.4, 0.5) is 5.69 Å². The molecule has 2 N–H and O–H groups in total. The van der Waals surface area contributed by atoms with Crippen molar-refractivity contribution in [3.8, 4) is 0 Å². The van der Waals surface area contributed by atoms with Crippen LogP contribution in [0.3, 0.4) is 0 Å². The normalized spacial score (nSPS) is 12.5. The summed E-state index contributed by atoms with van der Waals surface area (Å²) >= 11 is 0. The number of nitrogens with two attached hydrogens (primary N) is 1. The van der Waals surface area contributed by atoms with Crippen LogP contribution in [0, 0.1) is 0 Å². The fraction of sp³-hybridized carbons (Fsp3) is 0.364. The van der Waals surface area contributed by atoms with Crippen LogP contribution in [0.15, 0.2) is 24.3 Å². The minimum atomic E-state index is -0.337. The van der Waals surface area contributed by atoms with E-state index in [2.05, 4.69) is 0 Å². The number of rotatable bonds is 3. The number of carbonyl (C=O) groups excluding carboxylic acids is 1. The van der Waals surface area contributed by atoms with Gasteiger partial charge in [-0.2, -0.15) is 0 Å². The van der Waals surface area contributed by atoms with Gasteiger partial charge in [-0.3, -0.25) is 4.90 Å². The molecule has 0 aliphatic carbocycles. The number of esters is 1. The van der Waals surface area contributed by atoms with E-state index in [1.54, 1.807) is 24.3 Å². The molecule has 1 atom stereocenters. The third kappa shape index (κ3) is 3.25. The van der Waals surface area contributed by atoms with Crippen LogP contribution in [0.25, 0.3) is 0 Å². The molecule has 0 aliphatic heterocycles. The van der Waals surface area contributed by atoms with Crippen molar-refractivity contribution in [2.24, 2.45) is 0 Å². The minimum absolute atomic E-state index is 0.241. The molecular formula is C11H16N2O2. The zero-order valence-corrected chi connectivity index (χ0v) is 9.23. The number of nitrogen functional groups attached to an aromatic ring is 1. The Hall–Kier alpha value is -1.55. The summed E-state index contributed by atoms with van der Waals surface area (Å²) in [5.41, 5.74) is 6.66. The Morgan fingerprint density at radius 1 is 1.33 bits per heavy atom. The maximum absolute atomic E-state index is 11.6. The number of hydrogen-bond donors (Lipinski definition) is 1. The summed E-state index contributed by atoms with van der Waals surface area (Å²) in [4.78, 5) is 13.4. The molecule has 1 rings (SSSR count). The van der Waals surface area contributed by atoms with Crippen molar-refractivity contribution >= 4 is 11.7 Å². The van der Waals surface area contributed by atoms with Crippen molar-refractivity contribution in [1.29, 1.82) is 0 Å². The average molecular weight is 208 g/mol. The van der Waals surface area contributed by atoms with E-state index >= 15 is 0 Å². The van der Waals surface area contributed by atoms with E-state index in [0.29, 0.717) is 11.3 Å². The fourth-order valence-corrected chi connectivity index (χ4v) is 0.948. The quantitative estimate of drug-likeness (QED) is 0.462. The van der Waals surface area contributed by atoms with Crippen molar-refractivity contribution in [2.45, 2.75) is 13.2 Å². The van der Waals surface area contributed by atoms with Gasteiger partial charge in [0.1, 0.15) is 0 Å². The van der Waals surface area contributed by atoms with Crippen LogP contribution < -0.4 is 5.73 Å². The lowest BCUT2D eigenvalue weighted by molar-refractivity contribution is -0.00546. The second-order valence-electron chi connectivity index (χ2n) is 3.59. The maximum Gasteiger partial charge on any atom is 0.339 e. The maximum atomic E-state index is 11.6. The predicted octanol–water partition coefficient (Wildman–Crippen LogP) is 1.33. The molecular weight excluding hydrogens is 192 g/mol. The molecule has 0 radical (unpaired) electrons. The summed E-state index contributed by atoms with van der Waals surface area (Å²) in [5, 5.41) is 0. The highest BCUT2D eigenvalue weighted by Gasteiger charge is 2.12. The zero-order valence-electron chi connectivity index (χ0n) is 9.23. The topological polar surface area (TPSA) is 55.6 Å². The van der Waals surface area contributed by atoms with Gasteiger partial charge in [0.25, 0.3) is 0 Å². The van der Waals surface area contributed by atoms with E-state index in [1.807, 2.05) is 25.9 Å². The summed E-state index contributed by atoms with van der Waals surface area (Å²) in [6.07, 6.45) is -0.241. The zero-order chi connectivity index (χ0) is 11.4. The lowest BCUT2D eigenvalue weighted by Gasteiger charge is -2.19. The first kappa shape index (κ1) is 11.5. The molecule has 1 aromatic carbocycles. The van der Waals surface area contributed by atoms with Crippen molar-refractivity contribution in [1.82, 2.24) is 4.90 Å². The highest BCUT2D eigenvalue weighted by Crippen LogP contribution is 2.08. The van der Waals surface area contributed by atoms with Gasteiger partial charge in [0.15, 0.2) is 6.23 Å². The number of anilines is 1. The second kappa shape index (κ2) is 4.79. The van der Waals surface area contributed by atoms with Gasteiger partial charge < -0.3 is 10.5 Å². The van der Waals surface area contributed by atoms with Crippen molar-refractivity contribution in [3.05, 3.63) is 29.8 Å². The standard InChI is InChI=1S/C11H16N2O2/c1-8(13(2)3)15-11(14)9-4-6-10(12)7-5-9/h4-8H,12H2,1-3H3. The summed E-state index contributed by atoms with van der Waals surface area (Å²) in [5.74, 6) is -0.337. The summed E-state index contributed by atoms with van der Waals surface area (Å²) in [6, 6.07) is 6.66. The van der Waals surface area contributed by atoms with Gasteiger partial charge in [-0.15, -0.1) is 0 Å². The van der Waals surface area contributed by atoms with E-state index in [9.17, 15) is 4.79 Å². The van der Waals surface area contributed by atoms with Crippen LogP contribution in [0.2, 0.25) is 0 Å². The Morgan fingerprint density at radius 2 is 1.87 bits per heavy atom. The number of hydrogen-bond acceptors (Lipinski definition) is 4. The van der Waals surface area contributed by atoms with Gasteiger partial charge in [-0.1, -0.05) is 0 Å². The average Bonchev–Trinajstić information content (AvgIpc) is 2.18. The molecule has 15 heavy (non-hydrogen) atoms. The van der Waals surface area contributed by atoms with Gasteiger partial charge in [-0.05, 0) is 45.3 Å². The molecule has 4 heteroatoms. The van der Waals surface area contributed by atoms with Crippen LogP contribution in [0.5, 0.6) is 0 Å². The molecule has 0 bridgehead atoms. The Labute approximate surface area is 89.6 Å².